The normalized spacial score (nSPS) is 14.6. The van der Waals surface area contributed by atoms with Gasteiger partial charge >= 0.3 is 0 Å². The fourth-order valence-electron chi connectivity index (χ4n) is 2.06. The molecule has 0 amide bonds. The van der Waals surface area contributed by atoms with E-state index in [1.54, 1.807) is 0 Å². The Hall–Kier alpha value is -0.370. The van der Waals surface area contributed by atoms with Crippen molar-refractivity contribution in [2.45, 2.75) is 84.7 Å². The van der Waals surface area contributed by atoms with E-state index in [1.165, 1.54) is 25.7 Å². The number of unbranched alkanes of at least 4 members (excludes halogenated alkanes) is 4. The Morgan fingerprint density at radius 3 is 2.18 bits per heavy atom. The Labute approximate surface area is 107 Å². The van der Waals surface area contributed by atoms with Gasteiger partial charge in [0.15, 0.2) is 5.78 Å². The van der Waals surface area contributed by atoms with Crippen molar-refractivity contribution in [3.05, 3.63) is 0 Å². The van der Waals surface area contributed by atoms with Gasteiger partial charge in [-0.05, 0) is 19.8 Å². The Kier molecular flexibility index (Phi) is 9.43. The third-order valence-electron chi connectivity index (χ3n) is 3.29. The van der Waals surface area contributed by atoms with Crippen molar-refractivity contribution in [1.29, 1.82) is 0 Å². The number of Topliss-reactive ketones (excluding diaryl/α,β-unsaturated/α-hetero) is 1. The molecule has 0 bridgehead atoms. The first-order valence-electron chi connectivity index (χ1n) is 7.28. The minimum Gasteiger partial charge on any atom is -0.368 e. The maximum Gasteiger partial charge on any atom is 0.164 e. The predicted molar refractivity (Wildman–Crippen MR) is 73.3 cm³/mol. The fourth-order valence-corrected chi connectivity index (χ4v) is 2.06. The molecule has 0 aliphatic carbocycles. The van der Waals surface area contributed by atoms with Crippen LogP contribution in [0.1, 0.15) is 79.1 Å². The van der Waals surface area contributed by atoms with Gasteiger partial charge in [-0.15, -0.1) is 0 Å². The number of hydrogen-bond donors (Lipinski definition) is 0. The van der Waals surface area contributed by atoms with E-state index in [1.807, 2.05) is 13.8 Å². The van der Waals surface area contributed by atoms with E-state index in [4.69, 9.17) is 4.74 Å². The van der Waals surface area contributed by atoms with E-state index >= 15 is 0 Å². The monoisotopic (exact) mass is 242 g/mol. The van der Waals surface area contributed by atoms with E-state index in [0.29, 0.717) is 13.0 Å². The van der Waals surface area contributed by atoms with E-state index in [2.05, 4.69) is 13.8 Å². The highest BCUT2D eigenvalue weighted by molar-refractivity contribution is 5.86. The molecular formula is C15H30O2. The molecule has 1 atom stereocenters. The summed E-state index contributed by atoms with van der Waals surface area (Å²) in [5.41, 5.74) is -0.531. The van der Waals surface area contributed by atoms with Crippen molar-refractivity contribution in [3.8, 4) is 0 Å². The van der Waals surface area contributed by atoms with E-state index in [-0.39, 0.29) is 5.78 Å². The quantitative estimate of drug-likeness (QED) is 0.498. The molecule has 0 N–H and O–H groups in total. The number of carbonyl (C=O) groups is 1. The second-order valence-corrected chi connectivity index (χ2v) is 5.02. The Morgan fingerprint density at radius 1 is 1.00 bits per heavy atom. The maximum atomic E-state index is 11.9. The molecule has 0 saturated heterocycles. The summed E-state index contributed by atoms with van der Waals surface area (Å²) >= 11 is 0. The average molecular weight is 242 g/mol. The first-order valence-corrected chi connectivity index (χ1v) is 7.28. The highest BCUT2D eigenvalue weighted by Gasteiger charge is 2.31. The van der Waals surface area contributed by atoms with Crippen LogP contribution in [0.2, 0.25) is 0 Å². The third kappa shape index (κ3) is 6.82. The smallest absolute Gasteiger partial charge is 0.164 e. The summed E-state index contributed by atoms with van der Waals surface area (Å²) in [7, 11) is 0. The van der Waals surface area contributed by atoms with E-state index in [9.17, 15) is 4.79 Å². The van der Waals surface area contributed by atoms with Crippen molar-refractivity contribution >= 4 is 5.78 Å². The molecule has 0 saturated carbocycles. The molecule has 0 heterocycles. The van der Waals surface area contributed by atoms with Crippen LogP contribution < -0.4 is 0 Å². The Morgan fingerprint density at radius 2 is 1.65 bits per heavy atom. The van der Waals surface area contributed by atoms with Crippen LogP contribution >= 0.6 is 0 Å². The maximum absolute atomic E-state index is 11.9. The highest BCUT2D eigenvalue weighted by atomic mass is 16.5. The van der Waals surface area contributed by atoms with Crippen LogP contribution in [0.3, 0.4) is 0 Å². The SMILES string of the molecule is CCCCCCCC(C)(OCCC)C(=O)CC. The molecule has 17 heavy (non-hydrogen) atoms. The van der Waals surface area contributed by atoms with Crippen LogP contribution in [0.5, 0.6) is 0 Å². The van der Waals surface area contributed by atoms with Crippen LogP contribution in [0.25, 0.3) is 0 Å². The van der Waals surface area contributed by atoms with Gasteiger partial charge in [-0.1, -0.05) is 52.9 Å². The molecule has 0 fully saturated rings. The van der Waals surface area contributed by atoms with Gasteiger partial charge in [0.25, 0.3) is 0 Å². The summed E-state index contributed by atoms with van der Waals surface area (Å²) in [5.74, 6) is 0.251. The van der Waals surface area contributed by atoms with Crippen molar-refractivity contribution in [2.75, 3.05) is 6.61 Å². The Bertz CT molecular complexity index is 201. The topological polar surface area (TPSA) is 26.3 Å². The summed E-state index contributed by atoms with van der Waals surface area (Å²) in [6.45, 7) is 8.88. The molecule has 1 unspecified atom stereocenters. The van der Waals surface area contributed by atoms with Gasteiger partial charge in [0.05, 0.1) is 0 Å². The lowest BCUT2D eigenvalue weighted by Crippen LogP contribution is -2.38. The second-order valence-electron chi connectivity index (χ2n) is 5.02. The zero-order valence-electron chi connectivity index (χ0n) is 12.2. The number of carbonyl (C=O) groups excluding carboxylic acids is 1. The van der Waals surface area contributed by atoms with Gasteiger partial charge in [-0.25, -0.2) is 0 Å². The lowest BCUT2D eigenvalue weighted by atomic mass is 9.91. The number of rotatable bonds is 11. The summed E-state index contributed by atoms with van der Waals surface area (Å²) in [4.78, 5) is 11.9. The van der Waals surface area contributed by atoms with Crippen LogP contribution in [0.15, 0.2) is 0 Å². The first kappa shape index (κ1) is 16.6. The molecule has 102 valence electrons. The van der Waals surface area contributed by atoms with Crippen molar-refractivity contribution in [3.63, 3.8) is 0 Å². The first-order chi connectivity index (χ1) is 8.10. The molecule has 2 heteroatoms. The minimum atomic E-state index is -0.531. The van der Waals surface area contributed by atoms with Crippen LogP contribution in [0.4, 0.5) is 0 Å². The lowest BCUT2D eigenvalue weighted by Gasteiger charge is -2.28. The average Bonchev–Trinajstić information content (AvgIpc) is 2.35. The summed E-state index contributed by atoms with van der Waals surface area (Å²) in [6.07, 6.45) is 8.59. The zero-order valence-corrected chi connectivity index (χ0v) is 12.2. The lowest BCUT2D eigenvalue weighted by molar-refractivity contribution is -0.143. The van der Waals surface area contributed by atoms with Gasteiger partial charge in [-0.2, -0.15) is 0 Å². The van der Waals surface area contributed by atoms with Gasteiger partial charge < -0.3 is 4.74 Å². The molecule has 0 aromatic heterocycles. The standard InChI is InChI=1S/C15H30O2/c1-5-8-9-10-11-12-15(4,14(16)7-3)17-13-6-2/h5-13H2,1-4H3. The highest BCUT2D eigenvalue weighted by Crippen LogP contribution is 2.23. The number of ether oxygens (including phenoxy) is 1. The van der Waals surface area contributed by atoms with Crippen molar-refractivity contribution in [1.82, 2.24) is 0 Å². The summed E-state index contributed by atoms with van der Waals surface area (Å²) in [6, 6.07) is 0. The van der Waals surface area contributed by atoms with Crippen molar-refractivity contribution < 1.29 is 9.53 Å². The predicted octanol–water partition coefficient (Wildman–Crippen LogP) is 4.51. The minimum absolute atomic E-state index is 0.251. The van der Waals surface area contributed by atoms with Gasteiger partial charge in [0, 0.05) is 13.0 Å². The molecule has 0 aliphatic rings. The second kappa shape index (κ2) is 9.64. The molecule has 0 rings (SSSR count). The van der Waals surface area contributed by atoms with Gasteiger partial charge in [-0.3, -0.25) is 4.79 Å². The van der Waals surface area contributed by atoms with E-state index < -0.39 is 5.60 Å². The molecule has 0 aliphatic heterocycles. The molecule has 2 nitrogen and oxygen atoms in total. The van der Waals surface area contributed by atoms with Gasteiger partial charge in [0.1, 0.15) is 5.60 Å². The molecule has 0 aromatic carbocycles. The van der Waals surface area contributed by atoms with Crippen LogP contribution in [0, 0.1) is 0 Å². The largest absolute Gasteiger partial charge is 0.368 e. The Balaban J connectivity index is 4.05. The molecule has 0 radical (unpaired) electrons. The fraction of sp³-hybridized carbons (Fsp3) is 0.933. The summed E-state index contributed by atoms with van der Waals surface area (Å²) in [5, 5.41) is 0. The zero-order chi connectivity index (χ0) is 13.1. The molecular weight excluding hydrogens is 212 g/mol. The summed E-state index contributed by atoms with van der Waals surface area (Å²) < 4.78 is 5.79. The number of ketones is 1. The van der Waals surface area contributed by atoms with Crippen molar-refractivity contribution in [2.24, 2.45) is 0 Å². The van der Waals surface area contributed by atoms with Gasteiger partial charge in [0.2, 0.25) is 0 Å². The number of hydrogen-bond acceptors (Lipinski definition) is 2. The van der Waals surface area contributed by atoms with Crippen LogP contribution in [-0.4, -0.2) is 18.0 Å². The molecule has 0 aromatic rings. The van der Waals surface area contributed by atoms with E-state index in [0.717, 1.165) is 19.3 Å². The third-order valence-corrected chi connectivity index (χ3v) is 3.29. The van der Waals surface area contributed by atoms with Crippen LogP contribution in [-0.2, 0) is 9.53 Å². The molecule has 0 spiro atoms.